The van der Waals surface area contributed by atoms with Crippen molar-refractivity contribution in [3.05, 3.63) is 30.4 Å². The van der Waals surface area contributed by atoms with Crippen LogP contribution in [0.2, 0.25) is 0 Å². The van der Waals surface area contributed by atoms with Gasteiger partial charge in [-0.1, -0.05) is 0 Å². The third-order valence-electron chi connectivity index (χ3n) is 3.47. The van der Waals surface area contributed by atoms with Crippen LogP contribution in [-0.2, 0) is 0 Å². The summed E-state index contributed by atoms with van der Waals surface area (Å²) in [6.07, 6.45) is 8.65. The third-order valence-corrected chi connectivity index (χ3v) is 3.47. The van der Waals surface area contributed by atoms with Crippen LogP contribution in [0.3, 0.4) is 0 Å². The van der Waals surface area contributed by atoms with Crippen molar-refractivity contribution >= 4 is 11.4 Å². The van der Waals surface area contributed by atoms with Crippen LogP contribution in [-0.4, -0.2) is 44.5 Å². The molecule has 2 aromatic heterocycles. The number of rotatable bonds is 2. The molecule has 1 saturated heterocycles. The summed E-state index contributed by atoms with van der Waals surface area (Å²) in [6.45, 7) is 1.29. The highest BCUT2D eigenvalue weighted by Crippen LogP contribution is 2.21. The largest absolute Gasteiger partial charge is 0.334 e. The summed E-state index contributed by atoms with van der Waals surface area (Å²) in [5.74, 6) is 0.00551. The van der Waals surface area contributed by atoms with Gasteiger partial charge in [-0.15, -0.1) is 0 Å². The Morgan fingerprint density at radius 1 is 1.50 bits per heavy atom. The molecule has 18 heavy (non-hydrogen) atoms. The number of nitrogens with zero attached hydrogens (tertiary/aromatic N) is 4. The molecule has 1 atom stereocenters. The lowest BCUT2D eigenvalue weighted by molar-refractivity contribution is 0.0743. The van der Waals surface area contributed by atoms with E-state index in [9.17, 15) is 4.79 Å². The van der Waals surface area contributed by atoms with E-state index in [1.807, 2.05) is 4.90 Å². The minimum Gasteiger partial charge on any atom is -0.334 e. The molecule has 1 aliphatic rings. The first-order chi connectivity index (χ1) is 8.81. The van der Waals surface area contributed by atoms with Crippen LogP contribution in [0.5, 0.6) is 0 Å². The van der Waals surface area contributed by atoms with Crippen LogP contribution in [0.25, 0.3) is 5.52 Å². The Labute approximate surface area is 104 Å². The number of carbonyl (C=O) groups excluding carboxylic acids is 1. The van der Waals surface area contributed by atoms with E-state index >= 15 is 0 Å². The lowest BCUT2D eigenvalue weighted by Gasteiger charge is -2.22. The van der Waals surface area contributed by atoms with Gasteiger partial charge in [0.1, 0.15) is 0 Å². The lowest BCUT2D eigenvalue weighted by atomic mass is 10.2. The topological polar surface area (TPSA) is 76.5 Å². The second-order valence-corrected chi connectivity index (χ2v) is 4.49. The summed E-state index contributed by atoms with van der Waals surface area (Å²) in [4.78, 5) is 18.4. The van der Waals surface area contributed by atoms with E-state index in [1.54, 1.807) is 29.3 Å². The van der Waals surface area contributed by atoms with Crippen LogP contribution >= 0.6 is 0 Å². The van der Waals surface area contributed by atoms with Crippen molar-refractivity contribution in [3.63, 3.8) is 0 Å². The smallest absolute Gasteiger partial charge is 0.258 e. The lowest BCUT2D eigenvalue weighted by Crippen LogP contribution is -2.39. The molecule has 0 spiro atoms. The molecule has 1 aliphatic heterocycles. The Morgan fingerprint density at radius 3 is 3.22 bits per heavy atom. The molecule has 0 saturated carbocycles. The van der Waals surface area contributed by atoms with E-state index in [-0.39, 0.29) is 11.9 Å². The molecule has 1 unspecified atom stereocenters. The molecular formula is C12H15N5O. The van der Waals surface area contributed by atoms with Crippen molar-refractivity contribution in [3.8, 4) is 0 Å². The van der Waals surface area contributed by atoms with Gasteiger partial charge in [0, 0.05) is 31.5 Å². The molecule has 94 valence electrons. The maximum Gasteiger partial charge on any atom is 0.258 e. The molecule has 2 aromatic rings. The van der Waals surface area contributed by atoms with Crippen molar-refractivity contribution in [1.82, 2.24) is 19.5 Å². The maximum absolute atomic E-state index is 12.5. The van der Waals surface area contributed by atoms with E-state index in [2.05, 4.69) is 10.1 Å². The van der Waals surface area contributed by atoms with Gasteiger partial charge in [0.15, 0.2) is 0 Å². The summed E-state index contributed by atoms with van der Waals surface area (Å²) in [5.41, 5.74) is 7.04. The Bertz CT molecular complexity index is 579. The van der Waals surface area contributed by atoms with Crippen molar-refractivity contribution < 1.29 is 4.79 Å². The number of hydrogen-bond acceptors (Lipinski definition) is 4. The summed E-state index contributed by atoms with van der Waals surface area (Å²) in [7, 11) is 0. The van der Waals surface area contributed by atoms with Gasteiger partial charge in [0.25, 0.3) is 5.91 Å². The monoisotopic (exact) mass is 245 g/mol. The fraction of sp³-hybridized carbons (Fsp3) is 0.417. The average Bonchev–Trinajstić information content (AvgIpc) is 3.04. The highest BCUT2D eigenvalue weighted by atomic mass is 16.2. The standard InChI is InChI=1S/C12H15N5O/c13-6-9-2-1-4-16(9)12(18)10-7-15-17-5-3-14-8-11(10)17/h3,5,7-9H,1-2,4,6,13H2. The van der Waals surface area contributed by atoms with Gasteiger partial charge in [0.2, 0.25) is 0 Å². The zero-order valence-electron chi connectivity index (χ0n) is 9.99. The molecule has 2 N–H and O–H groups in total. The SMILES string of the molecule is NCC1CCCN1C(=O)c1cnn2ccncc12. The third kappa shape index (κ3) is 1.65. The zero-order chi connectivity index (χ0) is 12.5. The first kappa shape index (κ1) is 11.2. The number of hydrogen-bond donors (Lipinski definition) is 1. The van der Waals surface area contributed by atoms with Crippen molar-refractivity contribution in [1.29, 1.82) is 0 Å². The van der Waals surface area contributed by atoms with Crippen LogP contribution < -0.4 is 5.73 Å². The number of aromatic nitrogens is 3. The van der Waals surface area contributed by atoms with Crippen LogP contribution in [0.15, 0.2) is 24.8 Å². The molecule has 3 heterocycles. The molecule has 1 fully saturated rings. The Morgan fingerprint density at radius 2 is 2.39 bits per heavy atom. The van der Waals surface area contributed by atoms with Gasteiger partial charge in [0.05, 0.1) is 23.5 Å². The molecule has 0 radical (unpaired) electrons. The van der Waals surface area contributed by atoms with E-state index in [0.717, 1.165) is 24.9 Å². The fourth-order valence-electron chi connectivity index (χ4n) is 2.50. The van der Waals surface area contributed by atoms with Gasteiger partial charge >= 0.3 is 0 Å². The van der Waals surface area contributed by atoms with Crippen molar-refractivity contribution in [2.45, 2.75) is 18.9 Å². The first-order valence-electron chi connectivity index (χ1n) is 6.09. The van der Waals surface area contributed by atoms with Crippen LogP contribution in [0.1, 0.15) is 23.2 Å². The van der Waals surface area contributed by atoms with E-state index in [0.29, 0.717) is 12.1 Å². The van der Waals surface area contributed by atoms with Gasteiger partial charge in [-0.25, -0.2) is 4.52 Å². The van der Waals surface area contributed by atoms with E-state index in [1.165, 1.54) is 0 Å². The predicted octanol–water partition coefficient (Wildman–Crippen LogP) is 0.293. The molecule has 1 amide bonds. The Kier molecular flexibility index (Phi) is 2.71. The van der Waals surface area contributed by atoms with Crippen molar-refractivity contribution in [2.24, 2.45) is 5.73 Å². The Balaban J connectivity index is 1.97. The van der Waals surface area contributed by atoms with Gasteiger partial charge in [-0.2, -0.15) is 5.10 Å². The summed E-state index contributed by atoms with van der Waals surface area (Å²) >= 11 is 0. The van der Waals surface area contributed by atoms with Gasteiger partial charge in [-0.3, -0.25) is 9.78 Å². The molecule has 0 bridgehead atoms. The summed E-state index contributed by atoms with van der Waals surface area (Å²) in [5, 5.41) is 4.16. The van der Waals surface area contributed by atoms with Gasteiger partial charge < -0.3 is 10.6 Å². The fourth-order valence-corrected chi connectivity index (χ4v) is 2.50. The van der Waals surface area contributed by atoms with Crippen LogP contribution in [0, 0.1) is 0 Å². The predicted molar refractivity (Wildman–Crippen MR) is 66.1 cm³/mol. The molecule has 0 aliphatic carbocycles. The second kappa shape index (κ2) is 4.38. The first-order valence-corrected chi connectivity index (χ1v) is 6.09. The van der Waals surface area contributed by atoms with Crippen molar-refractivity contribution in [2.75, 3.05) is 13.1 Å². The molecule has 6 nitrogen and oxygen atoms in total. The van der Waals surface area contributed by atoms with Gasteiger partial charge in [-0.05, 0) is 12.8 Å². The normalized spacial score (nSPS) is 19.6. The zero-order valence-corrected chi connectivity index (χ0v) is 9.99. The number of amides is 1. The summed E-state index contributed by atoms with van der Waals surface area (Å²) < 4.78 is 1.66. The summed E-state index contributed by atoms with van der Waals surface area (Å²) in [6, 6.07) is 0.157. The number of likely N-dealkylation sites (tertiary alicyclic amines) is 1. The molecular weight excluding hydrogens is 230 g/mol. The number of nitrogens with two attached hydrogens (primary N) is 1. The maximum atomic E-state index is 12.5. The number of fused-ring (bicyclic) bond motifs is 1. The number of carbonyl (C=O) groups is 1. The highest BCUT2D eigenvalue weighted by molar-refractivity contribution is 6.00. The van der Waals surface area contributed by atoms with Crippen LogP contribution in [0.4, 0.5) is 0 Å². The quantitative estimate of drug-likeness (QED) is 0.825. The minimum atomic E-state index is 0.00551. The minimum absolute atomic E-state index is 0.00551. The molecule has 0 aromatic carbocycles. The highest BCUT2D eigenvalue weighted by Gasteiger charge is 2.29. The molecule has 3 rings (SSSR count). The second-order valence-electron chi connectivity index (χ2n) is 4.49. The van der Waals surface area contributed by atoms with E-state index in [4.69, 9.17) is 5.73 Å². The van der Waals surface area contributed by atoms with E-state index < -0.39 is 0 Å². The average molecular weight is 245 g/mol. The Hall–Kier alpha value is -1.95. The molecule has 6 heteroatoms.